The Hall–Kier alpha value is -0.600. The summed E-state index contributed by atoms with van der Waals surface area (Å²) in [6, 6.07) is 0. The summed E-state index contributed by atoms with van der Waals surface area (Å²) in [7, 11) is 0. The van der Waals surface area contributed by atoms with Crippen LogP contribution in [-0.2, 0) is 4.74 Å². The molecule has 1 rings (SSSR count). The molecule has 0 bridgehead atoms. The lowest BCUT2D eigenvalue weighted by Gasteiger charge is -2.11. The Balaban J connectivity index is 2.67. The van der Waals surface area contributed by atoms with Crippen LogP contribution in [0.3, 0.4) is 0 Å². The van der Waals surface area contributed by atoms with Crippen LogP contribution in [0.15, 0.2) is 12.3 Å². The van der Waals surface area contributed by atoms with Crippen molar-refractivity contribution in [2.45, 2.75) is 19.0 Å². The van der Waals surface area contributed by atoms with E-state index in [0.717, 1.165) is 12.3 Å². The maximum absolute atomic E-state index is 12.1. The smallest absolute Gasteiger partial charge is 0.305 e. The third-order valence-electron chi connectivity index (χ3n) is 1.11. The van der Waals surface area contributed by atoms with Crippen LogP contribution in [0.2, 0.25) is 0 Å². The lowest BCUT2D eigenvalue weighted by atomic mass is 10.2. The zero-order valence-electron chi connectivity index (χ0n) is 4.40. The summed E-state index contributed by atoms with van der Waals surface area (Å²) >= 11 is 0. The Morgan fingerprint density at radius 3 is 2.38 bits per heavy atom. The van der Waals surface area contributed by atoms with E-state index in [1.807, 2.05) is 0 Å². The third kappa shape index (κ3) is 0.680. The highest BCUT2D eigenvalue weighted by Gasteiger charge is 2.38. The number of rotatable bonds is 0. The molecule has 0 amide bonds. The Labute approximate surface area is 45.9 Å². The summed E-state index contributed by atoms with van der Waals surface area (Å²) in [6.45, 7) is 1.33. The van der Waals surface area contributed by atoms with E-state index in [4.69, 9.17) is 0 Å². The van der Waals surface area contributed by atoms with Crippen molar-refractivity contribution in [3.63, 3.8) is 0 Å². The molecule has 1 unspecified atom stereocenters. The van der Waals surface area contributed by atoms with E-state index in [0.29, 0.717) is 0 Å². The van der Waals surface area contributed by atoms with E-state index >= 15 is 0 Å². The normalized spacial score (nSPS) is 32.6. The summed E-state index contributed by atoms with van der Waals surface area (Å²) in [5, 5.41) is 0. The average molecular weight is 120 g/mol. The second-order valence-corrected chi connectivity index (χ2v) is 1.76. The van der Waals surface area contributed by atoms with Crippen molar-refractivity contribution in [2.75, 3.05) is 0 Å². The highest BCUT2D eigenvalue weighted by molar-refractivity contribution is 5.01. The second kappa shape index (κ2) is 1.44. The molecule has 3 heteroatoms. The Kier molecular flexibility index (Phi) is 0.994. The third-order valence-corrected chi connectivity index (χ3v) is 1.11. The maximum Gasteiger partial charge on any atom is 0.305 e. The topological polar surface area (TPSA) is 9.23 Å². The Morgan fingerprint density at radius 1 is 1.62 bits per heavy atom. The van der Waals surface area contributed by atoms with E-state index < -0.39 is 12.0 Å². The molecule has 1 aliphatic heterocycles. The molecule has 0 radical (unpaired) electrons. The molecule has 8 heavy (non-hydrogen) atoms. The first-order chi connectivity index (χ1) is 3.63. The first-order valence-corrected chi connectivity index (χ1v) is 2.34. The number of hydrogen-bond acceptors (Lipinski definition) is 1. The Bertz CT molecular complexity index is 120. The summed E-state index contributed by atoms with van der Waals surface area (Å²) in [5.74, 6) is -2.75. The summed E-state index contributed by atoms with van der Waals surface area (Å²) in [6.07, 6.45) is 0.810. The number of ether oxygens (including phenoxy) is 1. The fourth-order valence-corrected chi connectivity index (χ4v) is 0.474. The number of halogens is 2. The molecule has 0 aromatic rings. The number of hydrogen-bond donors (Lipinski definition) is 0. The van der Waals surface area contributed by atoms with E-state index in [-0.39, 0.29) is 0 Å². The molecule has 0 aliphatic carbocycles. The first kappa shape index (κ1) is 5.54. The van der Waals surface area contributed by atoms with Crippen molar-refractivity contribution < 1.29 is 13.5 Å². The van der Waals surface area contributed by atoms with Gasteiger partial charge in [-0.25, -0.2) is 0 Å². The SMILES string of the molecule is CC1OC=CC1(F)F. The van der Waals surface area contributed by atoms with E-state index in [1.165, 1.54) is 6.92 Å². The molecule has 1 nitrogen and oxygen atoms in total. The van der Waals surface area contributed by atoms with Gasteiger partial charge in [0.25, 0.3) is 0 Å². The molecule has 0 saturated carbocycles. The van der Waals surface area contributed by atoms with Crippen LogP contribution in [-0.4, -0.2) is 12.0 Å². The minimum Gasteiger partial charge on any atom is -0.492 e. The van der Waals surface area contributed by atoms with Crippen LogP contribution in [0.25, 0.3) is 0 Å². The van der Waals surface area contributed by atoms with E-state index in [9.17, 15) is 8.78 Å². The van der Waals surface area contributed by atoms with Gasteiger partial charge in [0.15, 0.2) is 6.10 Å². The minimum absolute atomic E-state index is 0.762. The number of alkyl halides is 2. The maximum atomic E-state index is 12.1. The largest absolute Gasteiger partial charge is 0.492 e. The second-order valence-electron chi connectivity index (χ2n) is 1.76. The average Bonchev–Trinajstić information content (AvgIpc) is 1.86. The van der Waals surface area contributed by atoms with Crippen molar-refractivity contribution >= 4 is 0 Å². The monoisotopic (exact) mass is 120 g/mol. The summed E-state index contributed by atoms with van der Waals surface area (Å²) in [4.78, 5) is 0. The van der Waals surface area contributed by atoms with Crippen LogP contribution < -0.4 is 0 Å². The van der Waals surface area contributed by atoms with Gasteiger partial charge < -0.3 is 4.74 Å². The molecule has 0 N–H and O–H groups in total. The molecular weight excluding hydrogens is 114 g/mol. The molecule has 0 spiro atoms. The van der Waals surface area contributed by atoms with Gasteiger partial charge in [-0.05, 0) is 6.92 Å². The van der Waals surface area contributed by atoms with Crippen LogP contribution in [0.5, 0.6) is 0 Å². The van der Waals surface area contributed by atoms with Crippen LogP contribution in [0, 0.1) is 0 Å². The molecular formula is C5H6F2O. The zero-order chi connectivity index (χ0) is 6.20. The highest BCUT2D eigenvalue weighted by Crippen LogP contribution is 2.27. The van der Waals surface area contributed by atoms with Gasteiger partial charge in [0, 0.05) is 6.08 Å². The fraction of sp³-hybridized carbons (Fsp3) is 0.600. The predicted octanol–water partition coefficient (Wildman–Crippen LogP) is 1.55. The lowest BCUT2D eigenvalue weighted by Crippen LogP contribution is -2.24. The van der Waals surface area contributed by atoms with Crippen LogP contribution >= 0.6 is 0 Å². The minimum atomic E-state index is -2.75. The van der Waals surface area contributed by atoms with Crippen molar-refractivity contribution in [2.24, 2.45) is 0 Å². The van der Waals surface area contributed by atoms with E-state index in [1.54, 1.807) is 0 Å². The quantitative estimate of drug-likeness (QED) is 0.471. The molecule has 0 fully saturated rings. The van der Waals surface area contributed by atoms with Crippen molar-refractivity contribution in [3.8, 4) is 0 Å². The van der Waals surface area contributed by atoms with Gasteiger partial charge in [-0.2, -0.15) is 8.78 Å². The van der Waals surface area contributed by atoms with Crippen molar-refractivity contribution in [3.05, 3.63) is 12.3 Å². The van der Waals surface area contributed by atoms with Crippen LogP contribution in [0.4, 0.5) is 8.78 Å². The molecule has 46 valence electrons. The van der Waals surface area contributed by atoms with Gasteiger partial charge in [0.2, 0.25) is 0 Å². The zero-order valence-corrected chi connectivity index (χ0v) is 4.40. The van der Waals surface area contributed by atoms with Gasteiger partial charge in [0.05, 0.1) is 6.26 Å². The molecule has 1 heterocycles. The predicted molar refractivity (Wildman–Crippen MR) is 24.6 cm³/mol. The van der Waals surface area contributed by atoms with Crippen LogP contribution in [0.1, 0.15) is 6.92 Å². The van der Waals surface area contributed by atoms with Gasteiger partial charge in [0.1, 0.15) is 0 Å². The molecule has 0 saturated heterocycles. The van der Waals surface area contributed by atoms with E-state index in [2.05, 4.69) is 4.74 Å². The standard InChI is InChI=1S/C5H6F2O/c1-4-5(6,7)2-3-8-4/h2-4H,1H3. The van der Waals surface area contributed by atoms with Crippen molar-refractivity contribution in [1.82, 2.24) is 0 Å². The van der Waals surface area contributed by atoms with Gasteiger partial charge in [-0.3, -0.25) is 0 Å². The van der Waals surface area contributed by atoms with Crippen molar-refractivity contribution in [1.29, 1.82) is 0 Å². The van der Waals surface area contributed by atoms with Gasteiger partial charge in [-0.1, -0.05) is 0 Å². The first-order valence-electron chi connectivity index (χ1n) is 2.34. The fourth-order valence-electron chi connectivity index (χ4n) is 0.474. The van der Waals surface area contributed by atoms with Gasteiger partial charge in [-0.15, -0.1) is 0 Å². The summed E-state index contributed by atoms with van der Waals surface area (Å²) in [5.41, 5.74) is 0. The molecule has 1 aliphatic rings. The molecule has 1 atom stereocenters. The molecule has 0 aromatic carbocycles. The Morgan fingerprint density at radius 2 is 2.25 bits per heavy atom. The lowest BCUT2D eigenvalue weighted by molar-refractivity contribution is -0.0399. The summed E-state index contributed by atoms with van der Waals surface area (Å²) < 4.78 is 28.7. The highest BCUT2D eigenvalue weighted by atomic mass is 19.3. The van der Waals surface area contributed by atoms with Gasteiger partial charge >= 0.3 is 5.92 Å². The molecule has 0 aromatic heterocycles.